The number of nitrogens with zero attached hydrogens (tertiary/aromatic N) is 2. The first kappa shape index (κ1) is 68.8. The lowest BCUT2D eigenvalue weighted by atomic mass is 9.79. The Bertz CT molecular complexity index is 6430. The van der Waals surface area contributed by atoms with Crippen molar-refractivity contribution in [2.75, 3.05) is 9.80 Å². The standard InChI is InChI=1S/C50H33NO.C30H22BrN.C20H13BO3.CH4/c1-3-10-34(11-4-1)36-20-27-41(28-21-36)51(42-29-22-37(23-30-42)35-12-5-2-6-13-35)43-31-24-39(25-32-43)45-16-9-17-46-47-33-26-40-19-18-38-14-7-8-15-44(38)48(40)50(47)52-49(45)46;31-27-15-21-30(22-16-27)32(28-17-11-25(12-18-28)23-7-3-1-4-8-23)29-19-13-26(14-20-29)24-9-5-2-6-10-24;22-21(23)17-7-3-6-15-16-11-10-13-9-8-12-4-1-2-5-14(12)18(13)20(16)24-19(15)17;/h1-33H;1-22H;1-11,22-23H;1H4. The number of furan rings is 2. The number of benzene rings is 18. The van der Waals surface area contributed by atoms with E-state index in [0.29, 0.717) is 11.0 Å². The molecule has 8 heteroatoms. The molecule has 109 heavy (non-hydrogen) atoms. The van der Waals surface area contributed by atoms with E-state index >= 15 is 0 Å². The fourth-order valence-corrected chi connectivity index (χ4v) is 15.4. The molecule has 0 bridgehead atoms. The van der Waals surface area contributed by atoms with E-state index in [2.05, 4.69) is 378 Å². The van der Waals surface area contributed by atoms with E-state index in [0.717, 1.165) is 110 Å². The molecule has 6 nitrogen and oxygen atoms in total. The molecule has 2 aromatic heterocycles. The molecule has 0 aliphatic rings. The Morgan fingerprint density at radius 3 is 0.872 bits per heavy atom. The van der Waals surface area contributed by atoms with Gasteiger partial charge in [-0.2, -0.15) is 0 Å². The van der Waals surface area contributed by atoms with Crippen molar-refractivity contribution in [1.82, 2.24) is 0 Å². The highest BCUT2D eigenvalue weighted by molar-refractivity contribution is 9.10. The Kier molecular flexibility index (Phi) is 19.1. The second-order valence-electron chi connectivity index (χ2n) is 27.0. The van der Waals surface area contributed by atoms with E-state index in [1.54, 1.807) is 6.07 Å². The van der Waals surface area contributed by atoms with Crippen LogP contribution in [0.4, 0.5) is 34.1 Å². The summed E-state index contributed by atoms with van der Waals surface area (Å²) in [6.07, 6.45) is 0. The zero-order valence-electron chi connectivity index (χ0n) is 58.7. The molecule has 0 aliphatic heterocycles. The molecule has 0 aliphatic carbocycles. The first-order valence-corrected chi connectivity index (χ1v) is 37.1. The van der Waals surface area contributed by atoms with Crippen LogP contribution in [0.3, 0.4) is 0 Å². The fraction of sp³-hybridized carbons (Fsp3) is 0.00990. The van der Waals surface area contributed by atoms with Crippen molar-refractivity contribution in [1.29, 1.82) is 0 Å². The van der Waals surface area contributed by atoms with Crippen molar-refractivity contribution < 1.29 is 18.9 Å². The predicted molar refractivity (Wildman–Crippen MR) is 465 cm³/mol. The second kappa shape index (κ2) is 30.3. The van der Waals surface area contributed by atoms with Gasteiger partial charge in [0.05, 0.1) is 0 Å². The number of rotatable bonds is 12. The lowest BCUT2D eigenvalue weighted by Crippen LogP contribution is -2.29. The van der Waals surface area contributed by atoms with E-state index in [1.807, 2.05) is 42.5 Å². The Morgan fingerprint density at radius 1 is 0.220 bits per heavy atom. The van der Waals surface area contributed by atoms with Gasteiger partial charge in [0, 0.05) is 81.9 Å². The molecule has 2 heterocycles. The van der Waals surface area contributed by atoms with Crippen LogP contribution < -0.4 is 15.3 Å². The Hall–Kier alpha value is -13.3. The lowest BCUT2D eigenvalue weighted by Gasteiger charge is -2.26. The van der Waals surface area contributed by atoms with Crippen molar-refractivity contribution in [3.8, 4) is 55.6 Å². The van der Waals surface area contributed by atoms with E-state index in [4.69, 9.17) is 8.83 Å². The number of halogens is 1. The molecular formula is C101H72BBrN2O4. The number of para-hydroxylation sites is 2. The SMILES string of the molecule is Brc1ccc(N(c2ccc(-c3ccccc3)cc2)c2ccc(-c3ccccc3)cc2)cc1.C.OB(O)c1cccc2c1oc1c2ccc2ccc3ccccc3c21.c1ccc(-c2ccc(N(c3ccc(-c4ccccc4)cc3)c3ccc(-c4cccc5c4oc4c5ccc5ccc6ccccc6c54)cc3)cc2)cc1. The maximum Gasteiger partial charge on any atom is 0.492 e. The van der Waals surface area contributed by atoms with E-state index in [9.17, 15) is 10.0 Å². The average molecular weight is 1470 g/mol. The monoisotopic (exact) mass is 1470 g/mol. The third-order valence-corrected chi connectivity index (χ3v) is 21.0. The van der Waals surface area contributed by atoms with Crippen LogP contribution in [0.2, 0.25) is 0 Å². The Balaban J connectivity index is 0.000000130. The lowest BCUT2D eigenvalue weighted by molar-refractivity contribution is 0.425. The smallest absolute Gasteiger partial charge is 0.456 e. The highest BCUT2D eigenvalue weighted by Gasteiger charge is 2.23. The van der Waals surface area contributed by atoms with Crippen LogP contribution in [0.25, 0.3) is 143 Å². The molecule has 520 valence electrons. The number of hydrogen-bond donors (Lipinski definition) is 2. The molecule has 0 saturated carbocycles. The molecule has 0 spiro atoms. The quantitative estimate of drug-likeness (QED) is 0.0938. The van der Waals surface area contributed by atoms with Crippen molar-refractivity contribution in [2.45, 2.75) is 7.43 Å². The van der Waals surface area contributed by atoms with Crippen LogP contribution in [0, 0.1) is 0 Å². The van der Waals surface area contributed by atoms with Crippen molar-refractivity contribution in [2.24, 2.45) is 0 Å². The van der Waals surface area contributed by atoms with Crippen molar-refractivity contribution >= 4 is 150 Å². The molecule has 0 fully saturated rings. The van der Waals surface area contributed by atoms with Gasteiger partial charge in [0.15, 0.2) is 0 Å². The van der Waals surface area contributed by atoms with Gasteiger partial charge in [0.1, 0.15) is 22.3 Å². The predicted octanol–water partition coefficient (Wildman–Crippen LogP) is 27.8. The van der Waals surface area contributed by atoms with Crippen molar-refractivity contribution in [3.05, 3.63) is 405 Å². The highest BCUT2D eigenvalue weighted by atomic mass is 79.9. The van der Waals surface area contributed by atoms with Crippen molar-refractivity contribution in [3.63, 3.8) is 0 Å². The zero-order chi connectivity index (χ0) is 72.4. The molecule has 20 aromatic rings. The van der Waals surface area contributed by atoms with E-state index in [1.165, 1.54) is 66.1 Å². The van der Waals surface area contributed by atoms with Gasteiger partial charge in [-0.3, -0.25) is 0 Å². The Morgan fingerprint density at radius 2 is 0.495 bits per heavy atom. The molecular weight excluding hydrogens is 1400 g/mol. The summed E-state index contributed by atoms with van der Waals surface area (Å²) < 4.78 is 14.1. The highest BCUT2D eigenvalue weighted by Crippen LogP contribution is 2.45. The minimum absolute atomic E-state index is 0. The molecule has 20 rings (SSSR count). The van der Waals surface area contributed by atoms with Gasteiger partial charge in [-0.1, -0.05) is 327 Å². The van der Waals surface area contributed by atoms with Gasteiger partial charge in [0.2, 0.25) is 0 Å². The molecule has 18 aromatic carbocycles. The average Bonchev–Trinajstić information content (AvgIpc) is 1.60. The fourth-order valence-electron chi connectivity index (χ4n) is 15.1. The van der Waals surface area contributed by atoms with Gasteiger partial charge >= 0.3 is 7.12 Å². The van der Waals surface area contributed by atoms with Gasteiger partial charge in [0.25, 0.3) is 0 Å². The van der Waals surface area contributed by atoms with Crippen LogP contribution in [-0.2, 0) is 0 Å². The summed E-state index contributed by atoms with van der Waals surface area (Å²) in [4.78, 5) is 4.61. The third-order valence-electron chi connectivity index (χ3n) is 20.5. The molecule has 0 saturated heterocycles. The summed E-state index contributed by atoms with van der Waals surface area (Å²) in [6, 6.07) is 140. The summed E-state index contributed by atoms with van der Waals surface area (Å²) in [5.41, 5.74) is 22.1. The zero-order valence-corrected chi connectivity index (χ0v) is 60.3. The maximum absolute atomic E-state index is 9.63. The summed E-state index contributed by atoms with van der Waals surface area (Å²) in [5, 5.41) is 32.6. The third kappa shape index (κ3) is 13.6. The van der Waals surface area contributed by atoms with Crippen LogP contribution in [0.15, 0.2) is 414 Å². The molecule has 0 amide bonds. The normalized spacial score (nSPS) is 11.2. The first-order chi connectivity index (χ1) is 53.3. The van der Waals surface area contributed by atoms with Crippen LogP contribution >= 0.6 is 15.9 Å². The van der Waals surface area contributed by atoms with E-state index in [-0.39, 0.29) is 7.43 Å². The number of anilines is 6. The topological polar surface area (TPSA) is 73.2 Å². The minimum Gasteiger partial charge on any atom is -0.456 e. The van der Waals surface area contributed by atoms with Gasteiger partial charge < -0.3 is 28.7 Å². The molecule has 2 N–H and O–H groups in total. The van der Waals surface area contributed by atoms with Crippen LogP contribution in [0.5, 0.6) is 0 Å². The Labute approximate surface area is 641 Å². The van der Waals surface area contributed by atoms with Gasteiger partial charge in [-0.05, 0) is 179 Å². The maximum atomic E-state index is 9.63. The number of hydrogen-bond acceptors (Lipinski definition) is 6. The minimum atomic E-state index is -1.56. The summed E-state index contributed by atoms with van der Waals surface area (Å²) in [7, 11) is -1.56. The van der Waals surface area contributed by atoms with Crippen LogP contribution in [-0.4, -0.2) is 17.2 Å². The molecule has 0 radical (unpaired) electrons. The summed E-state index contributed by atoms with van der Waals surface area (Å²) in [5.74, 6) is 0. The second-order valence-corrected chi connectivity index (χ2v) is 27.9. The molecule has 0 atom stereocenters. The molecule has 0 unspecified atom stereocenters. The van der Waals surface area contributed by atoms with Gasteiger partial charge in [-0.15, -0.1) is 0 Å². The number of fused-ring (bicyclic) bond motifs is 14. The summed E-state index contributed by atoms with van der Waals surface area (Å²) >= 11 is 3.56. The first-order valence-electron chi connectivity index (χ1n) is 36.3. The van der Waals surface area contributed by atoms with E-state index < -0.39 is 7.12 Å². The summed E-state index contributed by atoms with van der Waals surface area (Å²) in [6.45, 7) is 0. The van der Waals surface area contributed by atoms with Gasteiger partial charge in [-0.25, -0.2) is 0 Å². The van der Waals surface area contributed by atoms with Crippen LogP contribution in [0.1, 0.15) is 7.43 Å². The largest absolute Gasteiger partial charge is 0.492 e.